The summed E-state index contributed by atoms with van der Waals surface area (Å²) in [5, 5.41) is 6.77. The van der Waals surface area contributed by atoms with Gasteiger partial charge in [0.15, 0.2) is 0 Å². The number of aromatic nitrogens is 1. The van der Waals surface area contributed by atoms with Crippen LogP contribution in [0.2, 0.25) is 0 Å². The molecule has 2 aromatic carbocycles. The van der Waals surface area contributed by atoms with E-state index in [1.54, 1.807) is 11.3 Å². The average Bonchev–Trinajstić information content (AvgIpc) is 3.10. The third-order valence-electron chi connectivity index (χ3n) is 3.91. The molecule has 2 N–H and O–H groups in total. The molecule has 3 aromatic rings. The Balaban J connectivity index is 1.34. The van der Waals surface area contributed by atoms with Gasteiger partial charge in [0.25, 0.3) is 0 Å². The molecule has 2 amide bonds. The van der Waals surface area contributed by atoms with Crippen LogP contribution in [0.1, 0.15) is 10.6 Å². The zero-order valence-electron chi connectivity index (χ0n) is 14.9. The molecule has 3 rings (SSSR count). The van der Waals surface area contributed by atoms with Crippen molar-refractivity contribution in [1.82, 2.24) is 15.6 Å². The highest BCUT2D eigenvalue weighted by Gasteiger charge is 2.04. The molecule has 0 radical (unpaired) electrons. The fourth-order valence-corrected chi connectivity index (χ4v) is 3.54. The van der Waals surface area contributed by atoms with Crippen LogP contribution >= 0.6 is 11.3 Å². The molecular weight excluding hydrogens is 358 g/mol. The molecule has 0 saturated carbocycles. The molecule has 138 valence electrons. The second-order valence-electron chi connectivity index (χ2n) is 5.89. The number of nitrogens with one attached hydrogen (secondary N) is 2. The van der Waals surface area contributed by atoms with Gasteiger partial charge in [-0.05, 0) is 36.2 Å². The maximum absolute atomic E-state index is 11.9. The van der Waals surface area contributed by atoms with E-state index >= 15 is 0 Å². The monoisotopic (exact) mass is 379 g/mol. The highest BCUT2D eigenvalue weighted by Crippen LogP contribution is 2.21. The maximum Gasteiger partial charge on any atom is 0.314 e. The number of terminal acetylenes is 1. The van der Waals surface area contributed by atoms with Gasteiger partial charge in [0.05, 0.1) is 15.2 Å². The number of carbonyl (C=O) groups is 1. The SMILES string of the molecule is C#CCOc1ccc(CCNC(=O)NCCc2nc3ccccc3s2)cc1. The number of nitrogens with zero attached hydrogens (tertiary/aromatic N) is 1. The van der Waals surface area contributed by atoms with Crippen LogP contribution in [0.25, 0.3) is 10.2 Å². The second-order valence-corrected chi connectivity index (χ2v) is 7.01. The van der Waals surface area contributed by atoms with Crippen LogP contribution in [0.5, 0.6) is 5.75 Å². The molecule has 1 aromatic heterocycles. The standard InChI is InChI=1S/C21H21N3O2S/c1-2-15-26-17-9-7-16(8-10-17)11-13-22-21(25)23-14-12-20-24-18-5-3-4-6-19(18)27-20/h1,3-10H,11-15H2,(H2,22,23,25). The lowest BCUT2D eigenvalue weighted by Gasteiger charge is -2.08. The molecule has 0 spiro atoms. The molecule has 1 heterocycles. The summed E-state index contributed by atoms with van der Waals surface area (Å²) in [6.07, 6.45) is 6.64. The van der Waals surface area contributed by atoms with Gasteiger partial charge in [0.1, 0.15) is 12.4 Å². The summed E-state index contributed by atoms with van der Waals surface area (Å²) in [5.74, 6) is 3.18. The molecule has 27 heavy (non-hydrogen) atoms. The minimum atomic E-state index is -0.162. The minimum Gasteiger partial charge on any atom is -0.481 e. The number of carbonyl (C=O) groups excluding carboxylic acids is 1. The largest absolute Gasteiger partial charge is 0.481 e. The molecule has 0 bridgehead atoms. The van der Waals surface area contributed by atoms with Gasteiger partial charge in [0, 0.05) is 19.5 Å². The third kappa shape index (κ3) is 5.73. The Morgan fingerprint density at radius 1 is 1.07 bits per heavy atom. The Hall–Kier alpha value is -3.04. The zero-order chi connectivity index (χ0) is 18.9. The van der Waals surface area contributed by atoms with Crippen molar-refractivity contribution in [2.45, 2.75) is 12.8 Å². The summed E-state index contributed by atoms with van der Waals surface area (Å²) >= 11 is 1.67. The molecule has 5 nitrogen and oxygen atoms in total. The molecule has 0 atom stereocenters. The number of benzene rings is 2. The van der Waals surface area contributed by atoms with E-state index in [0.29, 0.717) is 13.1 Å². The van der Waals surface area contributed by atoms with Crippen LogP contribution < -0.4 is 15.4 Å². The van der Waals surface area contributed by atoms with Crippen LogP contribution in [0.4, 0.5) is 4.79 Å². The molecule has 0 fully saturated rings. The first kappa shape index (κ1) is 18.7. The number of rotatable bonds is 8. The van der Waals surface area contributed by atoms with Gasteiger partial charge in [0.2, 0.25) is 0 Å². The molecule has 0 aliphatic heterocycles. The minimum absolute atomic E-state index is 0.162. The summed E-state index contributed by atoms with van der Waals surface area (Å²) in [6, 6.07) is 15.6. The predicted molar refractivity (Wildman–Crippen MR) is 109 cm³/mol. The molecule has 6 heteroatoms. The van der Waals surface area contributed by atoms with Crippen molar-refractivity contribution in [3.63, 3.8) is 0 Å². The lowest BCUT2D eigenvalue weighted by Crippen LogP contribution is -2.37. The number of urea groups is 1. The molecule has 0 aliphatic rings. The van der Waals surface area contributed by atoms with Gasteiger partial charge in [-0.25, -0.2) is 9.78 Å². The maximum atomic E-state index is 11.9. The Morgan fingerprint density at radius 2 is 1.81 bits per heavy atom. The van der Waals surface area contributed by atoms with Crippen molar-refractivity contribution in [3.05, 3.63) is 59.1 Å². The Morgan fingerprint density at radius 3 is 2.56 bits per heavy atom. The normalized spacial score (nSPS) is 10.3. The average molecular weight is 379 g/mol. The van der Waals surface area contributed by atoms with Crippen molar-refractivity contribution >= 4 is 27.6 Å². The Bertz CT molecular complexity index is 895. The number of ether oxygens (including phenoxy) is 1. The highest BCUT2D eigenvalue weighted by molar-refractivity contribution is 7.18. The van der Waals surface area contributed by atoms with E-state index in [0.717, 1.165) is 34.7 Å². The summed E-state index contributed by atoms with van der Waals surface area (Å²) < 4.78 is 6.51. The van der Waals surface area contributed by atoms with Crippen molar-refractivity contribution in [2.75, 3.05) is 19.7 Å². The van der Waals surface area contributed by atoms with Crippen molar-refractivity contribution in [3.8, 4) is 18.1 Å². The van der Waals surface area contributed by atoms with E-state index in [1.807, 2.05) is 42.5 Å². The van der Waals surface area contributed by atoms with Crippen LogP contribution in [0.3, 0.4) is 0 Å². The number of fused-ring (bicyclic) bond motifs is 1. The summed E-state index contributed by atoms with van der Waals surface area (Å²) in [7, 11) is 0. The highest BCUT2D eigenvalue weighted by atomic mass is 32.1. The third-order valence-corrected chi connectivity index (χ3v) is 5.00. The fraction of sp³-hybridized carbons (Fsp3) is 0.238. The van der Waals surface area contributed by atoms with Crippen LogP contribution in [0, 0.1) is 12.3 Å². The number of hydrogen-bond donors (Lipinski definition) is 2. The number of hydrogen-bond acceptors (Lipinski definition) is 4. The molecule has 0 saturated heterocycles. The number of amides is 2. The first-order chi connectivity index (χ1) is 13.2. The summed E-state index contributed by atoms with van der Waals surface area (Å²) in [6.45, 7) is 1.39. The lowest BCUT2D eigenvalue weighted by molar-refractivity contribution is 0.241. The summed E-state index contributed by atoms with van der Waals surface area (Å²) in [5.41, 5.74) is 2.13. The summed E-state index contributed by atoms with van der Waals surface area (Å²) in [4.78, 5) is 16.5. The Labute approximate surface area is 162 Å². The molecule has 0 aliphatic carbocycles. The van der Waals surface area contributed by atoms with E-state index in [-0.39, 0.29) is 12.6 Å². The van der Waals surface area contributed by atoms with E-state index in [9.17, 15) is 4.79 Å². The first-order valence-corrected chi connectivity index (χ1v) is 9.57. The van der Waals surface area contributed by atoms with Crippen molar-refractivity contribution in [2.24, 2.45) is 0 Å². The Kier molecular flexibility index (Phi) is 6.66. The smallest absolute Gasteiger partial charge is 0.314 e. The van der Waals surface area contributed by atoms with Crippen molar-refractivity contribution < 1.29 is 9.53 Å². The number of para-hydroxylation sites is 1. The predicted octanol–water partition coefficient (Wildman–Crippen LogP) is 3.39. The van der Waals surface area contributed by atoms with Gasteiger partial charge < -0.3 is 15.4 Å². The van der Waals surface area contributed by atoms with Gasteiger partial charge in [-0.3, -0.25) is 0 Å². The van der Waals surface area contributed by atoms with E-state index in [4.69, 9.17) is 11.2 Å². The van der Waals surface area contributed by atoms with Crippen molar-refractivity contribution in [1.29, 1.82) is 0 Å². The van der Waals surface area contributed by atoms with E-state index in [1.165, 1.54) is 4.70 Å². The lowest BCUT2D eigenvalue weighted by atomic mass is 10.1. The van der Waals surface area contributed by atoms with Gasteiger partial charge >= 0.3 is 6.03 Å². The first-order valence-electron chi connectivity index (χ1n) is 8.76. The topological polar surface area (TPSA) is 63.2 Å². The quantitative estimate of drug-likeness (QED) is 0.590. The van der Waals surface area contributed by atoms with Crippen LogP contribution in [0.15, 0.2) is 48.5 Å². The van der Waals surface area contributed by atoms with Gasteiger partial charge in [-0.2, -0.15) is 0 Å². The van der Waals surface area contributed by atoms with Gasteiger partial charge in [-0.1, -0.05) is 30.2 Å². The van der Waals surface area contributed by atoms with Crippen LogP contribution in [-0.4, -0.2) is 30.7 Å². The molecule has 0 unspecified atom stereocenters. The fourth-order valence-electron chi connectivity index (χ4n) is 2.57. The van der Waals surface area contributed by atoms with E-state index < -0.39 is 0 Å². The second kappa shape index (κ2) is 9.60. The number of thiazole rings is 1. The zero-order valence-corrected chi connectivity index (χ0v) is 15.7. The van der Waals surface area contributed by atoms with Gasteiger partial charge in [-0.15, -0.1) is 17.8 Å². The van der Waals surface area contributed by atoms with E-state index in [2.05, 4.69) is 27.6 Å². The molecular formula is C21H21N3O2S. The van der Waals surface area contributed by atoms with Crippen LogP contribution in [-0.2, 0) is 12.8 Å².